The Morgan fingerprint density at radius 2 is 1.88 bits per heavy atom. The Morgan fingerprint density at radius 3 is 2.47 bits per heavy atom. The monoisotopic (exact) mass is 448 g/mol. The SMILES string of the molecule is CC(=O)CCCC(C)(C)C(=O)CCC(C)=CCCC1=CCC(C2=CC(=O)OC2O)OC1O. The van der Waals surface area contributed by atoms with Crippen LogP contribution in [-0.2, 0) is 23.9 Å². The number of carbonyl (C=O) groups excluding carboxylic acids is 3. The highest BCUT2D eigenvalue weighted by molar-refractivity contribution is 5.86. The van der Waals surface area contributed by atoms with Crippen LogP contribution in [0.15, 0.2) is 34.9 Å². The summed E-state index contributed by atoms with van der Waals surface area (Å²) in [5, 5.41) is 20.0. The number of esters is 1. The molecule has 2 rings (SSSR count). The summed E-state index contributed by atoms with van der Waals surface area (Å²) in [6.45, 7) is 7.46. The van der Waals surface area contributed by atoms with Crippen LogP contribution in [0.4, 0.5) is 0 Å². The van der Waals surface area contributed by atoms with E-state index in [0.29, 0.717) is 44.1 Å². The first-order valence-electron chi connectivity index (χ1n) is 11.3. The zero-order valence-electron chi connectivity index (χ0n) is 19.6. The molecule has 2 N–H and O–H groups in total. The quantitative estimate of drug-likeness (QED) is 0.346. The third kappa shape index (κ3) is 7.80. The first-order chi connectivity index (χ1) is 15.0. The second kappa shape index (κ2) is 11.7. The summed E-state index contributed by atoms with van der Waals surface area (Å²) in [6, 6.07) is 0. The number of aliphatic hydroxyl groups excluding tert-OH is 2. The fraction of sp³-hybridized carbons (Fsp3) is 0.640. The van der Waals surface area contributed by atoms with Gasteiger partial charge in [0.15, 0.2) is 6.29 Å². The Hall–Kier alpha value is -2.09. The van der Waals surface area contributed by atoms with E-state index in [1.165, 1.54) is 6.08 Å². The van der Waals surface area contributed by atoms with Crippen molar-refractivity contribution in [3.63, 3.8) is 0 Å². The fourth-order valence-corrected chi connectivity index (χ4v) is 3.92. The van der Waals surface area contributed by atoms with Crippen LogP contribution in [-0.4, -0.2) is 46.4 Å². The lowest BCUT2D eigenvalue weighted by atomic mass is 9.80. The third-order valence-corrected chi connectivity index (χ3v) is 6.13. The Morgan fingerprint density at radius 1 is 1.16 bits per heavy atom. The van der Waals surface area contributed by atoms with Gasteiger partial charge in [0.1, 0.15) is 11.6 Å². The number of Topliss-reactive ketones (excluding diaryl/α,β-unsaturated/α-hetero) is 2. The van der Waals surface area contributed by atoms with Crippen LogP contribution in [0.25, 0.3) is 0 Å². The van der Waals surface area contributed by atoms with Crippen molar-refractivity contribution in [2.75, 3.05) is 0 Å². The van der Waals surface area contributed by atoms with E-state index >= 15 is 0 Å². The van der Waals surface area contributed by atoms with Crippen molar-refractivity contribution in [1.82, 2.24) is 0 Å². The van der Waals surface area contributed by atoms with E-state index in [-0.39, 0.29) is 11.6 Å². The Kier molecular flexibility index (Phi) is 9.55. The standard InChI is InChI=1S/C25H36O7/c1-16(10-13-21(27)25(3,4)14-6-8-17(2)26)7-5-9-18-11-12-20(31-23(18)29)19-15-22(28)32-24(19)30/h7,11,15,20,23-24,29-30H,5-6,8-10,12-14H2,1-4H3. The summed E-state index contributed by atoms with van der Waals surface area (Å²) in [7, 11) is 0. The van der Waals surface area contributed by atoms with Crippen molar-refractivity contribution in [1.29, 1.82) is 0 Å². The first-order valence-corrected chi connectivity index (χ1v) is 11.3. The van der Waals surface area contributed by atoms with E-state index in [1.807, 2.05) is 26.8 Å². The number of ketones is 2. The van der Waals surface area contributed by atoms with E-state index < -0.39 is 30.1 Å². The zero-order valence-corrected chi connectivity index (χ0v) is 19.6. The molecule has 0 aliphatic carbocycles. The van der Waals surface area contributed by atoms with Gasteiger partial charge in [0, 0.05) is 29.9 Å². The van der Waals surface area contributed by atoms with Crippen LogP contribution >= 0.6 is 0 Å². The topological polar surface area (TPSA) is 110 Å². The molecule has 32 heavy (non-hydrogen) atoms. The molecule has 0 aromatic heterocycles. The second-order valence-electron chi connectivity index (χ2n) is 9.38. The molecule has 2 heterocycles. The molecule has 0 saturated heterocycles. The molecule has 7 heteroatoms. The lowest BCUT2D eigenvalue weighted by Crippen LogP contribution is -2.32. The van der Waals surface area contributed by atoms with Crippen molar-refractivity contribution in [3.05, 3.63) is 34.9 Å². The molecule has 0 aromatic rings. The molecule has 3 atom stereocenters. The van der Waals surface area contributed by atoms with E-state index in [9.17, 15) is 24.6 Å². The second-order valence-corrected chi connectivity index (χ2v) is 9.38. The van der Waals surface area contributed by atoms with Crippen molar-refractivity contribution >= 4 is 17.5 Å². The van der Waals surface area contributed by atoms with E-state index in [2.05, 4.69) is 10.8 Å². The maximum absolute atomic E-state index is 12.6. The first kappa shape index (κ1) is 26.2. The summed E-state index contributed by atoms with van der Waals surface area (Å²) in [6.07, 6.45) is 7.09. The van der Waals surface area contributed by atoms with Crippen molar-refractivity contribution in [2.45, 2.75) is 97.7 Å². The van der Waals surface area contributed by atoms with Gasteiger partial charge >= 0.3 is 5.97 Å². The predicted octanol–water partition coefficient (Wildman–Crippen LogP) is 3.68. The van der Waals surface area contributed by atoms with Gasteiger partial charge in [-0.2, -0.15) is 0 Å². The summed E-state index contributed by atoms with van der Waals surface area (Å²) < 4.78 is 10.2. The minimum Gasteiger partial charge on any atom is -0.429 e. The van der Waals surface area contributed by atoms with Gasteiger partial charge in [-0.3, -0.25) is 4.79 Å². The number of hydrogen-bond acceptors (Lipinski definition) is 7. The maximum Gasteiger partial charge on any atom is 0.333 e. The van der Waals surface area contributed by atoms with Gasteiger partial charge in [-0.25, -0.2) is 4.79 Å². The van der Waals surface area contributed by atoms with E-state index in [0.717, 1.165) is 24.0 Å². The summed E-state index contributed by atoms with van der Waals surface area (Å²) in [5.74, 6) is -0.244. The highest BCUT2D eigenvalue weighted by Crippen LogP contribution is 2.30. The number of hydrogen-bond donors (Lipinski definition) is 2. The molecular formula is C25H36O7. The predicted molar refractivity (Wildman–Crippen MR) is 119 cm³/mol. The third-order valence-electron chi connectivity index (χ3n) is 6.13. The van der Waals surface area contributed by atoms with E-state index in [4.69, 9.17) is 4.74 Å². The molecule has 2 aliphatic rings. The number of allylic oxidation sites excluding steroid dienone is 2. The number of aliphatic hydroxyl groups is 2. The molecule has 2 aliphatic heterocycles. The Labute approximate surface area is 190 Å². The Bertz CT molecular complexity index is 803. The Balaban J connectivity index is 1.76. The van der Waals surface area contributed by atoms with Crippen LogP contribution in [0.2, 0.25) is 0 Å². The molecule has 0 amide bonds. The minimum atomic E-state index is -1.32. The molecule has 0 fully saturated rings. The van der Waals surface area contributed by atoms with Gasteiger partial charge in [-0.05, 0) is 57.9 Å². The smallest absolute Gasteiger partial charge is 0.333 e. The van der Waals surface area contributed by atoms with Crippen LogP contribution < -0.4 is 0 Å². The molecule has 178 valence electrons. The summed E-state index contributed by atoms with van der Waals surface area (Å²) in [5.41, 5.74) is 1.79. The maximum atomic E-state index is 12.6. The lowest BCUT2D eigenvalue weighted by molar-refractivity contribution is -0.155. The molecule has 0 aromatic carbocycles. The normalized spacial score (nSPS) is 24.1. The molecule has 3 unspecified atom stereocenters. The average molecular weight is 449 g/mol. The molecule has 0 bridgehead atoms. The average Bonchev–Trinajstić information content (AvgIpc) is 3.04. The minimum absolute atomic E-state index is 0.156. The van der Waals surface area contributed by atoms with Gasteiger partial charge in [-0.1, -0.05) is 31.6 Å². The number of ether oxygens (including phenoxy) is 2. The van der Waals surface area contributed by atoms with Gasteiger partial charge < -0.3 is 24.5 Å². The van der Waals surface area contributed by atoms with Gasteiger partial charge in [0.2, 0.25) is 6.29 Å². The van der Waals surface area contributed by atoms with Crippen molar-refractivity contribution in [2.24, 2.45) is 5.41 Å². The van der Waals surface area contributed by atoms with Crippen LogP contribution in [0.3, 0.4) is 0 Å². The van der Waals surface area contributed by atoms with Crippen molar-refractivity contribution in [3.8, 4) is 0 Å². The number of cyclic esters (lactones) is 1. The highest BCUT2D eigenvalue weighted by Gasteiger charge is 2.34. The fourth-order valence-electron chi connectivity index (χ4n) is 3.92. The molecule has 7 nitrogen and oxygen atoms in total. The largest absolute Gasteiger partial charge is 0.429 e. The van der Waals surface area contributed by atoms with E-state index in [1.54, 1.807) is 6.92 Å². The van der Waals surface area contributed by atoms with Crippen molar-refractivity contribution < 1.29 is 34.1 Å². The molecule has 0 radical (unpaired) electrons. The lowest BCUT2D eigenvalue weighted by Gasteiger charge is -2.28. The highest BCUT2D eigenvalue weighted by atomic mass is 16.6. The number of carbonyl (C=O) groups is 3. The molecule has 0 saturated carbocycles. The summed E-state index contributed by atoms with van der Waals surface area (Å²) in [4.78, 5) is 34.9. The zero-order chi connectivity index (χ0) is 23.9. The van der Waals surface area contributed by atoms with Crippen LogP contribution in [0.1, 0.15) is 79.1 Å². The van der Waals surface area contributed by atoms with Gasteiger partial charge in [0.05, 0.1) is 6.10 Å². The number of rotatable bonds is 12. The molecular weight excluding hydrogens is 412 g/mol. The van der Waals surface area contributed by atoms with Crippen LogP contribution in [0.5, 0.6) is 0 Å². The molecule has 0 spiro atoms. The van der Waals surface area contributed by atoms with Crippen LogP contribution in [0, 0.1) is 5.41 Å². The van der Waals surface area contributed by atoms with Gasteiger partial charge in [0.25, 0.3) is 0 Å². The summed E-state index contributed by atoms with van der Waals surface area (Å²) >= 11 is 0. The van der Waals surface area contributed by atoms with Gasteiger partial charge in [-0.15, -0.1) is 0 Å².